The molecule has 18 heavy (non-hydrogen) atoms. The van der Waals surface area contributed by atoms with Crippen molar-refractivity contribution in [2.75, 3.05) is 14.2 Å². The Morgan fingerprint density at radius 2 is 1.61 bits per heavy atom. The monoisotopic (exact) mass is 252 g/mol. The van der Waals surface area contributed by atoms with E-state index in [2.05, 4.69) is 6.92 Å². The lowest BCUT2D eigenvalue weighted by atomic mass is 9.90. The molecule has 3 nitrogen and oxygen atoms in total. The smallest absolute Gasteiger partial charge is 0.122 e. The average Bonchev–Trinajstić information content (AvgIpc) is 2.38. The molecule has 1 rings (SSSR count). The van der Waals surface area contributed by atoms with Crippen molar-refractivity contribution in [3.8, 4) is 11.5 Å². The van der Waals surface area contributed by atoms with E-state index in [1.54, 1.807) is 14.2 Å². The van der Waals surface area contributed by atoms with Gasteiger partial charge in [-0.15, -0.1) is 0 Å². The summed E-state index contributed by atoms with van der Waals surface area (Å²) in [5, 5.41) is 10.5. The van der Waals surface area contributed by atoms with Crippen molar-refractivity contribution in [3.63, 3.8) is 0 Å². The first-order valence-corrected chi connectivity index (χ1v) is 6.49. The van der Waals surface area contributed by atoms with Gasteiger partial charge in [-0.2, -0.15) is 0 Å². The van der Waals surface area contributed by atoms with E-state index in [1.165, 1.54) is 0 Å². The minimum Gasteiger partial charge on any atom is -0.497 e. The van der Waals surface area contributed by atoms with Crippen LogP contribution in [-0.4, -0.2) is 19.3 Å². The fourth-order valence-corrected chi connectivity index (χ4v) is 1.98. The van der Waals surface area contributed by atoms with E-state index in [1.807, 2.05) is 25.1 Å². The van der Waals surface area contributed by atoms with Gasteiger partial charge in [0.25, 0.3) is 0 Å². The molecule has 3 heteroatoms. The van der Waals surface area contributed by atoms with Gasteiger partial charge in [0.1, 0.15) is 11.5 Å². The Morgan fingerprint density at radius 1 is 1.06 bits per heavy atom. The van der Waals surface area contributed by atoms with Gasteiger partial charge < -0.3 is 14.6 Å². The van der Waals surface area contributed by atoms with Crippen LogP contribution in [0.3, 0.4) is 0 Å². The maximum absolute atomic E-state index is 10.5. The molecule has 1 aromatic rings. The summed E-state index contributed by atoms with van der Waals surface area (Å²) in [5.41, 5.74) is 0.00609. The zero-order valence-corrected chi connectivity index (χ0v) is 11.8. The summed E-state index contributed by atoms with van der Waals surface area (Å²) in [6.45, 7) is 4.00. The van der Waals surface area contributed by atoms with Crippen molar-refractivity contribution in [3.05, 3.63) is 23.8 Å². The molecule has 1 N–H and O–H groups in total. The highest BCUT2D eigenvalue weighted by Gasteiger charge is 2.23. The zero-order valence-electron chi connectivity index (χ0n) is 11.8. The second kappa shape index (κ2) is 6.64. The highest BCUT2D eigenvalue weighted by atomic mass is 16.5. The molecular weight excluding hydrogens is 228 g/mol. The quantitative estimate of drug-likeness (QED) is 0.755. The van der Waals surface area contributed by atoms with E-state index >= 15 is 0 Å². The molecule has 0 amide bonds. The lowest BCUT2D eigenvalue weighted by Gasteiger charge is -2.25. The van der Waals surface area contributed by atoms with Crippen molar-refractivity contribution < 1.29 is 14.6 Å². The van der Waals surface area contributed by atoms with Crippen LogP contribution in [0.4, 0.5) is 0 Å². The van der Waals surface area contributed by atoms with Gasteiger partial charge in [-0.05, 0) is 31.0 Å². The third-order valence-electron chi connectivity index (χ3n) is 3.24. The fourth-order valence-electron chi connectivity index (χ4n) is 1.98. The van der Waals surface area contributed by atoms with Crippen LogP contribution in [0.25, 0.3) is 0 Å². The normalized spacial score (nSPS) is 14.1. The van der Waals surface area contributed by atoms with E-state index in [0.717, 1.165) is 31.2 Å². The van der Waals surface area contributed by atoms with Gasteiger partial charge in [-0.1, -0.05) is 26.2 Å². The number of hydrogen-bond donors (Lipinski definition) is 1. The van der Waals surface area contributed by atoms with Crippen LogP contribution in [0.5, 0.6) is 11.5 Å². The van der Waals surface area contributed by atoms with Crippen LogP contribution in [0.2, 0.25) is 0 Å². The molecule has 0 aliphatic rings. The van der Waals surface area contributed by atoms with E-state index in [9.17, 15) is 5.11 Å². The largest absolute Gasteiger partial charge is 0.497 e. The summed E-state index contributed by atoms with van der Waals surface area (Å²) in [7, 11) is 3.23. The SMILES string of the molecule is CCCCCC(C)(O)c1cc(OC)cc(OC)c1. The topological polar surface area (TPSA) is 38.7 Å². The van der Waals surface area contributed by atoms with Crippen molar-refractivity contribution in [1.82, 2.24) is 0 Å². The third-order valence-corrected chi connectivity index (χ3v) is 3.24. The first-order chi connectivity index (χ1) is 8.53. The van der Waals surface area contributed by atoms with Crippen LogP contribution < -0.4 is 9.47 Å². The molecule has 0 aromatic heterocycles. The molecule has 102 valence electrons. The predicted molar refractivity (Wildman–Crippen MR) is 73.3 cm³/mol. The molecule has 0 radical (unpaired) electrons. The fraction of sp³-hybridized carbons (Fsp3) is 0.600. The molecule has 0 spiro atoms. The van der Waals surface area contributed by atoms with E-state index in [0.29, 0.717) is 11.5 Å². The van der Waals surface area contributed by atoms with Crippen LogP contribution >= 0.6 is 0 Å². The molecule has 1 atom stereocenters. The second-order valence-corrected chi connectivity index (χ2v) is 4.83. The van der Waals surface area contributed by atoms with Crippen LogP contribution in [0.15, 0.2) is 18.2 Å². The Morgan fingerprint density at radius 3 is 2.06 bits per heavy atom. The number of ether oxygens (including phenoxy) is 2. The Balaban J connectivity index is 2.91. The number of benzene rings is 1. The van der Waals surface area contributed by atoms with Crippen molar-refractivity contribution in [2.24, 2.45) is 0 Å². The van der Waals surface area contributed by atoms with Crippen molar-refractivity contribution >= 4 is 0 Å². The number of aliphatic hydroxyl groups is 1. The van der Waals surface area contributed by atoms with Gasteiger partial charge in [0.2, 0.25) is 0 Å². The lowest BCUT2D eigenvalue weighted by molar-refractivity contribution is 0.0445. The lowest BCUT2D eigenvalue weighted by Crippen LogP contribution is -2.21. The molecule has 0 bridgehead atoms. The Kier molecular flexibility index (Phi) is 5.48. The molecule has 0 fully saturated rings. The summed E-state index contributed by atoms with van der Waals surface area (Å²) in [5.74, 6) is 1.42. The second-order valence-electron chi connectivity index (χ2n) is 4.83. The first kappa shape index (κ1) is 14.8. The predicted octanol–water partition coefficient (Wildman–Crippen LogP) is 3.49. The number of unbranched alkanes of at least 4 members (excludes halogenated alkanes) is 2. The van der Waals surface area contributed by atoms with Gasteiger partial charge in [-0.3, -0.25) is 0 Å². The Bertz CT molecular complexity index is 350. The summed E-state index contributed by atoms with van der Waals surface area (Å²) >= 11 is 0. The van der Waals surface area contributed by atoms with Gasteiger partial charge in [-0.25, -0.2) is 0 Å². The van der Waals surface area contributed by atoms with Crippen molar-refractivity contribution in [2.45, 2.75) is 45.1 Å². The molecule has 0 heterocycles. The van der Waals surface area contributed by atoms with Crippen molar-refractivity contribution in [1.29, 1.82) is 0 Å². The summed E-state index contributed by atoms with van der Waals surface area (Å²) in [6.07, 6.45) is 4.05. The molecule has 0 aliphatic heterocycles. The number of methoxy groups -OCH3 is 2. The van der Waals surface area contributed by atoms with Gasteiger partial charge in [0.05, 0.1) is 19.8 Å². The number of rotatable bonds is 7. The van der Waals surface area contributed by atoms with Crippen LogP contribution in [0.1, 0.15) is 45.1 Å². The van der Waals surface area contributed by atoms with Gasteiger partial charge in [0.15, 0.2) is 0 Å². The molecular formula is C15H24O3. The molecule has 0 aliphatic carbocycles. The molecule has 0 saturated carbocycles. The van der Waals surface area contributed by atoms with Crippen LogP contribution in [0, 0.1) is 0 Å². The maximum atomic E-state index is 10.5. The Labute approximate surface area is 110 Å². The van der Waals surface area contributed by atoms with E-state index < -0.39 is 5.60 Å². The first-order valence-electron chi connectivity index (χ1n) is 6.49. The maximum Gasteiger partial charge on any atom is 0.122 e. The van der Waals surface area contributed by atoms with E-state index in [-0.39, 0.29) is 0 Å². The highest BCUT2D eigenvalue weighted by molar-refractivity contribution is 5.40. The van der Waals surface area contributed by atoms with Gasteiger partial charge >= 0.3 is 0 Å². The summed E-state index contributed by atoms with van der Waals surface area (Å²) < 4.78 is 10.5. The molecule has 1 aromatic carbocycles. The van der Waals surface area contributed by atoms with Gasteiger partial charge in [0, 0.05) is 6.07 Å². The minimum atomic E-state index is -0.836. The third kappa shape index (κ3) is 3.91. The zero-order chi connectivity index (χ0) is 13.6. The Hall–Kier alpha value is -1.22. The number of hydrogen-bond acceptors (Lipinski definition) is 3. The highest BCUT2D eigenvalue weighted by Crippen LogP contribution is 2.32. The van der Waals surface area contributed by atoms with Crippen LogP contribution in [-0.2, 0) is 5.60 Å². The molecule has 0 saturated heterocycles. The minimum absolute atomic E-state index is 0.708. The standard InChI is InChI=1S/C15H24O3/c1-5-6-7-8-15(2,16)12-9-13(17-3)11-14(10-12)18-4/h9-11,16H,5-8H2,1-4H3. The molecule has 1 unspecified atom stereocenters. The summed E-state index contributed by atoms with van der Waals surface area (Å²) in [4.78, 5) is 0. The summed E-state index contributed by atoms with van der Waals surface area (Å²) in [6, 6.07) is 5.55. The van der Waals surface area contributed by atoms with E-state index in [4.69, 9.17) is 9.47 Å². The average molecular weight is 252 g/mol.